The lowest BCUT2D eigenvalue weighted by Crippen LogP contribution is -2.07. The van der Waals surface area contributed by atoms with Crippen molar-refractivity contribution in [1.82, 2.24) is 0 Å². The van der Waals surface area contributed by atoms with E-state index in [0.717, 1.165) is 5.92 Å². The van der Waals surface area contributed by atoms with Gasteiger partial charge in [0.1, 0.15) is 0 Å². The fourth-order valence-corrected chi connectivity index (χ4v) is 0. The molecular weight excluding hydrogens is 119 g/mol. The van der Waals surface area contributed by atoms with Crippen LogP contribution in [0.25, 0.3) is 0 Å². The fraction of sp³-hybridized carbons (Fsp3) is 1.00. The third-order valence-electron chi connectivity index (χ3n) is 0.816. The van der Waals surface area contributed by atoms with Crippen LogP contribution in [-0.4, -0.2) is 22.4 Å². The van der Waals surface area contributed by atoms with Crippen LogP contribution >= 0.6 is 0 Å². The molecule has 0 aliphatic rings. The highest BCUT2D eigenvalue weighted by Gasteiger charge is 1.92. The molecule has 3 nitrogen and oxygen atoms in total. The summed E-state index contributed by atoms with van der Waals surface area (Å²) in [6, 6.07) is 0. The van der Waals surface area contributed by atoms with Crippen LogP contribution < -0.4 is 0 Å². The van der Waals surface area contributed by atoms with Crippen molar-refractivity contribution in [3.63, 3.8) is 0 Å². The molecule has 0 rings (SSSR count). The van der Waals surface area contributed by atoms with Gasteiger partial charge in [0.25, 0.3) is 0 Å². The Bertz CT molecular complexity index is 44.7. The van der Waals surface area contributed by atoms with Crippen molar-refractivity contribution in [2.75, 3.05) is 0 Å². The first-order valence-electron chi connectivity index (χ1n) is 3.04. The van der Waals surface area contributed by atoms with Crippen LogP contribution in [0.3, 0.4) is 0 Å². The van der Waals surface area contributed by atoms with Crippen molar-refractivity contribution in [2.45, 2.75) is 27.2 Å². The maximum Gasteiger partial charge on any atom is 0.631 e. The van der Waals surface area contributed by atoms with Crippen LogP contribution in [0.5, 0.6) is 0 Å². The van der Waals surface area contributed by atoms with Crippen LogP contribution in [0.1, 0.15) is 27.2 Å². The summed E-state index contributed by atoms with van der Waals surface area (Å²) < 4.78 is 0. The van der Waals surface area contributed by atoms with Crippen molar-refractivity contribution in [3.8, 4) is 0 Å². The summed E-state index contributed by atoms with van der Waals surface area (Å²) in [6.07, 6.45) is 1.31. The number of hydrogen-bond donors (Lipinski definition) is 3. The monoisotopic (exact) mass is 134 g/mol. The first-order chi connectivity index (χ1) is 4.00. The predicted molar refractivity (Wildman–Crippen MR) is 37.5 cm³/mol. The lowest BCUT2D eigenvalue weighted by Gasteiger charge is -1.90. The van der Waals surface area contributed by atoms with E-state index in [1.165, 1.54) is 6.42 Å². The van der Waals surface area contributed by atoms with Crippen molar-refractivity contribution in [2.24, 2.45) is 5.92 Å². The van der Waals surface area contributed by atoms with E-state index in [9.17, 15) is 0 Å². The standard InChI is InChI=1S/C5H12.BH3O3/c1-4-5(2)3;2-1(3)4/h5H,4H2,1-3H3;2-4H. The molecule has 3 N–H and O–H groups in total. The highest BCUT2D eigenvalue weighted by molar-refractivity contribution is 6.30. The van der Waals surface area contributed by atoms with Gasteiger partial charge in [-0.2, -0.15) is 0 Å². The summed E-state index contributed by atoms with van der Waals surface area (Å²) in [7, 11) is -2.17. The van der Waals surface area contributed by atoms with E-state index in [1.54, 1.807) is 0 Å². The molecule has 0 heterocycles. The minimum absolute atomic E-state index is 0.884. The molecule has 0 aliphatic carbocycles. The summed E-state index contributed by atoms with van der Waals surface area (Å²) in [5.41, 5.74) is 0. The molecule has 0 amide bonds. The second-order valence-corrected chi connectivity index (χ2v) is 2.15. The molecule has 0 saturated carbocycles. The lowest BCUT2D eigenvalue weighted by molar-refractivity contribution is 0.278. The van der Waals surface area contributed by atoms with E-state index in [1.807, 2.05) is 0 Å². The summed E-state index contributed by atoms with van der Waals surface area (Å²) in [5.74, 6) is 0.884. The van der Waals surface area contributed by atoms with Crippen LogP contribution in [0.4, 0.5) is 0 Å². The van der Waals surface area contributed by atoms with E-state index in [0.29, 0.717) is 0 Å². The van der Waals surface area contributed by atoms with Crippen molar-refractivity contribution in [1.29, 1.82) is 0 Å². The van der Waals surface area contributed by atoms with Gasteiger partial charge in [-0.05, 0) is 5.92 Å². The molecule has 56 valence electrons. The molecule has 9 heavy (non-hydrogen) atoms. The Hall–Kier alpha value is -0.0551. The van der Waals surface area contributed by atoms with Gasteiger partial charge in [-0.3, -0.25) is 0 Å². The normalized spacial score (nSPS) is 8.33. The Morgan fingerprint density at radius 1 is 1.22 bits per heavy atom. The molecule has 0 unspecified atom stereocenters. The smallest absolute Gasteiger partial charge is 0.402 e. The molecule has 0 aromatic rings. The Morgan fingerprint density at radius 3 is 1.33 bits per heavy atom. The van der Waals surface area contributed by atoms with Gasteiger partial charge in [0.2, 0.25) is 0 Å². The second-order valence-electron chi connectivity index (χ2n) is 2.15. The van der Waals surface area contributed by atoms with Gasteiger partial charge >= 0.3 is 7.32 Å². The summed E-state index contributed by atoms with van der Waals surface area (Å²) >= 11 is 0. The van der Waals surface area contributed by atoms with E-state index in [4.69, 9.17) is 15.1 Å². The van der Waals surface area contributed by atoms with Gasteiger partial charge in [0.15, 0.2) is 0 Å². The summed E-state index contributed by atoms with van der Waals surface area (Å²) in [6.45, 7) is 6.64. The van der Waals surface area contributed by atoms with Gasteiger partial charge in [-0.15, -0.1) is 0 Å². The molecule has 0 fully saturated rings. The zero-order valence-electron chi connectivity index (χ0n) is 6.20. The maximum absolute atomic E-state index is 7.17. The van der Waals surface area contributed by atoms with Gasteiger partial charge in [0.05, 0.1) is 0 Å². The lowest BCUT2D eigenvalue weighted by atomic mass is 10.2. The molecule has 0 bridgehead atoms. The highest BCUT2D eigenvalue weighted by Crippen LogP contribution is 1.93. The zero-order valence-corrected chi connectivity index (χ0v) is 6.20. The van der Waals surface area contributed by atoms with Crippen LogP contribution in [0, 0.1) is 5.92 Å². The third-order valence-corrected chi connectivity index (χ3v) is 0.816. The second kappa shape index (κ2) is 7.94. The Balaban J connectivity index is 0. The Morgan fingerprint density at radius 2 is 1.33 bits per heavy atom. The molecule has 0 spiro atoms. The van der Waals surface area contributed by atoms with Crippen LogP contribution in [-0.2, 0) is 0 Å². The maximum atomic E-state index is 7.17. The SMILES string of the molecule is CCC(C)C.OB(O)O. The van der Waals surface area contributed by atoms with Gasteiger partial charge in [-0.25, -0.2) is 0 Å². The summed E-state index contributed by atoms with van der Waals surface area (Å²) in [5, 5.41) is 21.5. The average molecular weight is 134 g/mol. The third kappa shape index (κ3) is 74.2. The largest absolute Gasteiger partial charge is 0.631 e. The number of hydrogen-bond acceptors (Lipinski definition) is 3. The van der Waals surface area contributed by atoms with Crippen molar-refractivity contribution < 1.29 is 15.1 Å². The van der Waals surface area contributed by atoms with Crippen LogP contribution in [0.15, 0.2) is 0 Å². The van der Waals surface area contributed by atoms with Gasteiger partial charge in [-0.1, -0.05) is 27.2 Å². The van der Waals surface area contributed by atoms with Gasteiger partial charge in [0, 0.05) is 0 Å². The van der Waals surface area contributed by atoms with Crippen molar-refractivity contribution >= 4 is 7.32 Å². The molecule has 0 aliphatic heterocycles. The first kappa shape index (κ1) is 11.7. The van der Waals surface area contributed by atoms with E-state index in [-0.39, 0.29) is 0 Å². The predicted octanol–water partition coefficient (Wildman–Crippen LogP) is 0.000600. The molecule has 0 saturated heterocycles. The Labute approximate surface area is 56.5 Å². The summed E-state index contributed by atoms with van der Waals surface area (Å²) in [4.78, 5) is 0. The average Bonchev–Trinajstić information content (AvgIpc) is 1.65. The Kier molecular flexibility index (Phi) is 10.3. The van der Waals surface area contributed by atoms with Crippen molar-refractivity contribution in [3.05, 3.63) is 0 Å². The fourth-order valence-electron chi connectivity index (χ4n) is 0. The molecule has 0 radical (unpaired) electrons. The highest BCUT2D eigenvalue weighted by atomic mass is 16.5. The van der Waals surface area contributed by atoms with Crippen LogP contribution in [0.2, 0.25) is 0 Å². The minimum Gasteiger partial charge on any atom is -0.402 e. The number of rotatable bonds is 1. The van der Waals surface area contributed by atoms with Gasteiger partial charge < -0.3 is 15.1 Å². The first-order valence-corrected chi connectivity index (χ1v) is 3.04. The molecular formula is C5H15BO3. The minimum atomic E-state index is -2.17. The molecule has 0 aromatic heterocycles. The van der Waals surface area contributed by atoms with E-state index >= 15 is 0 Å². The topological polar surface area (TPSA) is 60.7 Å². The zero-order chi connectivity index (χ0) is 7.86. The molecule has 0 atom stereocenters. The van der Waals surface area contributed by atoms with E-state index in [2.05, 4.69) is 20.8 Å². The molecule has 0 aromatic carbocycles. The van der Waals surface area contributed by atoms with E-state index < -0.39 is 7.32 Å². The molecule has 4 heteroatoms. The quantitative estimate of drug-likeness (QED) is 0.442.